The third kappa shape index (κ3) is 17.7. The molecule has 0 saturated carbocycles. The van der Waals surface area contributed by atoms with Crippen LogP contribution in [0.1, 0.15) is 61.6 Å². The average molecular weight is 869 g/mol. The summed E-state index contributed by atoms with van der Waals surface area (Å²) < 4.78 is 37.6. The molecule has 0 aliphatic carbocycles. The average Bonchev–Trinajstić information content (AvgIpc) is 3.61. The predicted molar refractivity (Wildman–Crippen MR) is 224 cm³/mol. The van der Waals surface area contributed by atoms with Crippen molar-refractivity contribution in [1.29, 1.82) is 0 Å². The standard InChI is InChI=1S/C44H60N4O14/c1-33-11-12-34-7-4-6-10-38(34)47(32-35-8-3-5-9-36(33)35)40(50)14-13-39(49)46-37(31-43(53)62-48-41(51)15-16-42(48)52)44(54)45-17-18-56-21-22-58-25-26-60-29-30-61-28-27-59-24-23-57-20-19-55-2/h3-12,33,37H,13-32H2,1-2H3,(H,45,54)(H,46,49)/b12-11-/t33?,37-/m0/s1. The number of methoxy groups -OCH3 is 1. The van der Waals surface area contributed by atoms with E-state index in [0.29, 0.717) is 76.8 Å². The summed E-state index contributed by atoms with van der Waals surface area (Å²) in [5.74, 6) is -4.06. The van der Waals surface area contributed by atoms with Crippen molar-refractivity contribution in [1.82, 2.24) is 15.7 Å². The number of nitrogens with zero attached hydrogens (tertiary/aromatic N) is 2. The van der Waals surface area contributed by atoms with Gasteiger partial charge >= 0.3 is 5.97 Å². The van der Waals surface area contributed by atoms with Crippen molar-refractivity contribution in [2.24, 2.45) is 0 Å². The second-order valence-corrected chi connectivity index (χ2v) is 14.2. The molecule has 0 aromatic heterocycles. The van der Waals surface area contributed by atoms with E-state index in [4.69, 9.17) is 38.0 Å². The Labute approximate surface area is 362 Å². The number of rotatable bonds is 29. The summed E-state index contributed by atoms with van der Waals surface area (Å²) in [5, 5.41) is 5.51. The highest BCUT2D eigenvalue weighted by molar-refractivity contribution is 6.02. The summed E-state index contributed by atoms with van der Waals surface area (Å²) in [6.45, 7) is 7.56. The van der Waals surface area contributed by atoms with Gasteiger partial charge in [-0.05, 0) is 28.7 Å². The zero-order valence-corrected chi connectivity index (χ0v) is 35.7. The maximum atomic E-state index is 13.9. The monoisotopic (exact) mass is 868 g/mol. The molecule has 2 aliphatic rings. The van der Waals surface area contributed by atoms with E-state index in [1.165, 1.54) is 0 Å². The first-order valence-corrected chi connectivity index (χ1v) is 20.9. The molecule has 18 nitrogen and oxygen atoms in total. The Morgan fingerprint density at radius 3 is 1.87 bits per heavy atom. The van der Waals surface area contributed by atoms with Crippen LogP contribution in [-0.4, -0.2) is 146 Å². The van der Waals surface area contributed by atoms with Gasteiger partial charge in [-0.25, -0.2) is 4.79 Å². The van der Waals surface area contributed by atoms with Gasteiger partial charge in [-0.2, -0.15) is 0 Å². The first kappa shape index (κ1) is 49.6. The Balaban J connectivity index is 1.17. The lowest BCUT2D eigenvalue weighted by Crippen LogP contribution is -2.49. The fourth-order valence-electron chi connectivity index (χ4n) is 6.33. The number of nitrogens with one attached hydrogen (secondary N) is 2. The first-order chi connectivity index (χ1) is 30.2. The number of benzene rings is 2. The molecule has 18 heteroatoms. The molecule has 340 valence electrons. The van der Waals surface area contributed by atoms with Crippen molar-refractivity contribution < 1.29 is 66.8 Å². The van der Waals surface area contributed by atoms with Gasteiger partial charge in [0.1, 0.15) is 6.04 Å². The number of ether oxygens (including phenoxy) is 7. The molecule has 5 amide bonds. The quantitative estimate of drug-likeness (QED) is 0.0891. The summed E-state index contributed by atoms with van der Waals surface area (Å²) in [5.41, 5.74) is 3.60. The topological polar surface area (TPSA) is 207 Å². The summed E-state index contributed by atoms with van der Waals surface area (Å²) >= 11 is 0. The molecule has 2 N–H and O–H groups in total. The number of imide groups is 1. The number of anilines is 1. The van der Waals surface area contributed by atoms with E-state index >= 15 is 0 Å². The molecule has 0 spiro atoms. The van der Waals surface area contributed by atoms with Gasteiger partial charge in [-0.1, -0.05) is 61.5 Å². The van der Waals surface area contributed by atoms with Crippen molar-refractivity contribution in [3.63, 3.8) is 0 Å². The van der Waals surface area contributed by atoms with Gasteiger partial charge in [0.25, 0.3) is 11.8 Å². The molecule has 4 rings (SSSR count). The highest BCUT2D eigenvalue weighted by Gasteiger charge is 2.34. The van der Waals surface area contributed by atoms with Crippen molar-refractivity contribution in [2.75, 3.05) is 104 Å². The molecule has 2 aromatic carbocycles. The van der Waals surface area contributed by atoms with Crippen molar-refractivity contribution in [3.05, 3.63) is 71.3 Å². The van der Waals surface area contributed by atoms with Crippen LogP contribution in [0.3, 0.4) is 0 Å². The van der Waals surface area contributed by atoms with E-state index < -0.39 is 42.1 Å². The third-order valence-corrected chi connectivity index (χ3v) is 9.59. The second kappa shape index (κ2) is 28.5. The minimum atomic E-state index is -1.44. The van der Waals surface area contributed by atoms with E-state index in [1.807, 2.05) is 54.6 Å². The molecule has 1 fully saturated rings. The van der Waals surface area contributed by atoms with E-state index in [9.17, 15) is 28.8 Å². The summed E-state index contributed by atoms with van der Waals surface area (Å²) in [6.07, 6.45) is 2.68. The third-order valence-electron chi connectivity index (χ3n) is 9.59. The molecule has 2 heterocycles. The lowest BCUT2D eigenvalue weighted by molar-refractivity contribution is -0.197. The van der Waals surface area contributed by atoms with Crippen LogP contribution in [0.4, 0.5) is 5.69 Å². The van der Waals surface area contributed by atoms with E-state index in [-0.39, 0.29) is 70.4 Å². The molecule has 2 aliphatic heterocycles. The SMILES string of the molecule is COCCOCCOCCOCCOCCOCCOCCNC(=O)[C@H](CC(=O)ON1C(=O)CCC1=O)NC(=O)CCC(=O)N1Cc2ccccc2C(C)/C=C\c2ccccc21. The number of para-hydroxylation sites is 1. The van der Waals surface area contributed by atoms with Crippen molar-refractivity contribution in [3.8, 4) is 0 Å². The number of carbonyl (C=O) groups excluding carboxylic acids is 6. The van der Waals surface area contributed by atoms with Crippen LogP contribution < -0.4 is 15.5 Å². The van der Waals surface area contributed by atoms with Gasteiger partial charge in [-0.15, -0.1) is 5.06 Å². The molecule has 0 radical (unpaired) electrons. The highest BCUT2D eigenvalue weighted by Crippen LogP contribution is 2.31. The summed E-state index contributed by atoms with van der Waals surface area (Å²) in [7, 11) is 1.62. The molecule has 62 heavy (non-hydrogen) atoms. The maximum absolute atomic E-state index is 13.9. The molecule has 1 saturated heterocycles. The molecule has 2 atom stereocenters. The zero-order chi connectivity index (χ0) is 44.4. The fraction of sp³-hybridized carbons (Fsp3) is 0.545. The van der Waals surface area contributed by atoms with Gasteiger partial charge in [0, 0.05) is 39.3 Å². The number of hydrogen-bond donors (Lipinski definition) is 2. The zero-order valence-electron chi connectivity index (χ0n) is 35.7. The molecule has 1 unspecified atom stereocenters. The Hall–Kier alpha value is -5.08. The van der Waals surface area contributed by atoms with Gasteiger partial charge in [0.2, 0.25) is 17.7 Å². The minimum absolute atomic E-state index is 0.0288. The number of amides is 5. The van der Waals surface area contributed by atoms with Crippen LogP contribution in [-0.2, 0) is 73.3 Å². The number of allylic oxidation sites excluding steroid dienone is 1. The Kier molecular flexibility index (Phi) is 22.8. The van der Waals surface area contributed by atoms with Gasteiger partial charge in [0.05, 0.1) is 105 Å². The van der Waals surface area contributed by atoms with Gasteiger partial charge < -0.3 is 53.5 Å². The van der Waals surface area contributed by atoms with Crippen LogP contribution in [0.2, 0.25) is 0 Å². The van der Waals surface area contributed by atoms with Crippen LogP contribution in [0, 0.1) is 0 Å². The lowest BCUT2D eigenvalue weighted by atomic mass is 9.95. The summed E-state index contributed by atoms with van der Waals surface area (Å²) in [6, 6.07) is 14.0. The maximum Gasteiger partial charge on any atom is 0.335 e. The Bertz CT molecular complexity index is 1760. The van der Waals surface area contributed by atoms with E-state index in [2.05, 4.69) is 23.6 Å². The first-order valence-electron chi connectivity index (χ1n) is 20.9. The second-order valence-electron chi connectivity index (χ2n) is 14.2. The number of carbonyl (C=O) groups is 6. The lowest BCUT2D eigenvalue weighted by Gasteiger charge is -2.26. The molecular formula is C44H60N4O14. The van der Waals surface area contributed by atoms with Crippen LogP contribution in [0.15, 0.2) is 54.6 Å². The number of hydroxylamine groups is 2. The summed E-state index contributed by atoms with van der Waals surface area (Å²) in [4.78, 5) is 83.9. The van der Waals surface area contributed by atoms with E-state index in [1.54, 1.807) is 12.0 Å². The van der Waals surface area contributed by atoms with Gasteiger partial charge in [-0.3, -0.25) is 24.0 Å². The van der Waals surface area contributed by atoms with Crippen molar-refractivity contribution in [2.45, 2.75) is 57.5 Å². The highest BCUT2D eigenvalue weighted by atomic mass is 16.7. The molecular weight excluding hydrogens is 808 g/mol. The van der Waals surface area contributed by atoms with E-state index in [0.717, 1.165) is 16.7 Å². The molecule has 0 bridgehead atoms. The Morgan fingerprint density at radius 1 is 0.710 bits per heavy atom. The Morgan fingerprint density at radius 2 is 1.26 bits per heavy atom. The van der Waals surface area contributed by atoms with Crippen LogP contribution in [0.5, 0.6) is 0 Å². The smallest absolute Gasteiger partial charge is 0.335 e. The van der Waals surface area contributed by atoms with Crippen molar-refractivity contribution >= 4 is 47.3 Å². The number of fused-ring (bicyclic) bond motifs is 2. The largest absolute Gasteiger partial charge is 0.382 e. The normalized spacial score (nSPS) is 15.8. The van der Waals surface area contributed by atoms with Crippen LogP contribution >= 0.6 is 0 Å². The predicted octanol–water partition coefficient (Wildman–Crippen LogP) is 2.47. The van der Waals surface area contributed by atoms with Gasteiger partial charge in [0.15, 0.2) is 0 Å². The molecule has 2 aromatic rings. The van der Waals surface area contributed by atoms with Crippen LogP contribution in [0.25, 0.3) is 6.08 Å². The minimum Gasteiger partial charge on any atom is -0.382 e. The number of hydrogen-bond acceptors (Lipinski definition) is 14. The fourth-order valence-corrected chi connectivity index (χ4v) is 6.33.